The molecule has 0 N–H and O–H groups in total. The van der Waals surface area contributed by atoms with Gasteiger partial charge in [0.2, 0.25) is 0 Å². The molecule has 2 aromatic rings. The number of hydrogen-bond donors (Lipinski definition) is 0. The third-order valence-electron chi connectivity index (χ3n) is 2.75. The number of carbonyl (C=O) groups excluding carboxylic acids is 1. The molecule has 0 atom stereocenters. The van der Waals surface area contributed by atoms with E-state index in [1.807, 2.05) is 19.9 Å². The Balaban J connectivity index is 2.25. The number of Topliss-reactive ketones (excluding diaryl/α,β-unsaturated/α-hetero) is 1. The molecular weight excluding hydrogens is 265 g/mol. The molecule has 2 nitrogen and oxygen atoms in total. The van der Waals surface area contributed by atoms with Gasteiger partial charge in [-0.15, -0.1) is 0 Å². The van der Waals surface area contributed by atoms with Crippen LogP contribution < -0.4 is 0 Å². The average molecular weight is 278 g/mol. The minimum absolute atomic E-state index is 0.120. The molecule has 0 unspecified atom stereocenters. The summed E-state index contributed by atoms with van der Waals surface area (Å²) in [6.45, 7) is 3.75. The Bertz CT molecular complexity index is 620. The van der Waals surface area contributed by atoms with Crippen LogP contribution >= 0.6 is 11.6 Å². The molecule has 1 heterocycles. The molecule has 0 spiro atoms. The van der Waals surface area contributed by atoms with Crippen molar-refractivity contribution < 1.29 is 9.18 Å². The van der Waals surface area contributed by atoms with E-state index >= 15 is 0 Å². The third kappa shape index (κ3) is 3.38. The Labute approximate surface area is 116 Å². The van der Waals surface area contributed by atoms with Crippen LogP contribution in [0.4, 0.5) is 4.39 Å². The number of hydrogen-bond acceptors (Lipinski definition) is 2. The second kappa shape index (κ2) is 5.49. The SMILES string of the molecule is Cc1cc(C)nc(C(=O)Cc2ccc(F)cc2Cl)c1. The Morgan fingerprint density at radius 1 is 1.26 bits per heavy atom. The maximum absolute atomic E-state index is 12.9. The summed E-state index contributed by atoms with van der Waals surface area (Å²) in [7, 11) is 0. The Morgan fingerprint density at radius 2 is 2.00 bits per heavy atom. The number of pyridine rings is 1. The van der Waals surface area contributed by atoms with E-state index in [1.165, 1.54) is 18.2 Å². The molecule has 0 saturated carbocycles. The molecular formula is C15H13ClFNO. The Hall–Kier alpha value is -1.74. The van der Waals surface area contributed by atoms with Crippen LogP contribution in [0.25, 0.3) is 0 Å². The lowest BCUT2D eigenvalue weighted by Gasteiger charge is -2.05. The van der Waals surface area contributed by atoms with E-state index in [-0.39, 0.29) is 17.2 Å². The fourth-order valence-electron chi connectivity index (χ4n) is 1.91. The summed E-state index contributed by atoms with van der Waals surface area (Å²) in [5, 5.41) is 0.262. The van der Waals surface area contributed by atoms with Gasteiger partial charge in [0, 0.05) is 17.1 Å². The fraction of sp³-hybridized carbons (Fsp3) is 0.200. The van der Waals surface area contributed by atoms with Crippen molar-refractivity contribution in [2.75, 3.05) is 0 Å². The number of benzene rings is 1. The zero-order valence-corrected chi connectivity index (χ0v) is 11.5. The second-order valence-corrected chi connectivity index (χ2v) is 4.91. The summed E-state index contributed by atoms with van der Waals surface area (Å²) in [6, 6.07) is 7.68. The lowest BCUT2D eigenvalue weighted by atomic mass is 10.1. The molecule has 0 aliphatic heterocycles. The molecule has 0 saturated heterocycles. The summed E-state index contributed by atoms with van der Waals surface area (Å²) in [5.41, 5.74) is 2.81. The van der Waals surface area contributed by atoms with Gasteiger partial charge in [-0.05, 0) is 49.2 Å². The molecule has 4 heteroatoms. The van der Waals surface area contributed by atoms with E-state index in [0.29, 0.717) is 11.3 Å². The van der Waals surface area contributed by atoms with Crippen molar-refractivity contribution in [3.8, 4) is 0 Å². The molecule has 0 aliphatic carbocycles. The number of halogens is 2. The second-order valence-electron chi connectivity index (χ2n) is 4.51. The summed E-state index contributed by atoms with van der Waals surface area (Å²) in [5.74, 6) is -0.536. The maximum atomic E-state index is 12.9. The van der Waals surface area contributed by atoms with E-state index in [1.54, 1.807) is 6.07 Å². The van der Waals surface area contributed by atoms with Gasteiger partial charge in [0.25, 0.3) is 0 Å². The van der Waals surface area contributed by atoms with Crippen LogP contribution in [-0.4, -0.2) is 10.8 Å². The summed E-state index contributed by atoms with van der Waals surface area (Å²) in [6.07, 6.45) is 0.120. The van der Waals surface area contributed by atoms with Crippen LogP contribution in [-0.2, 0) is 6.42 Å². The number of aromatic nitrogens is 1. The molecule has 0 bridgehead atoms. The zero-order chi connectivity index (χ0) is 14.0. The van der Waals surface area contributed by atoms with Gasteiger partial charge in [-0.25, -0.2) is 9.37 Å². The molecule has 0 aliphatic rings. The summed E-state index contributed by atoms with van der Waals surface area (Å²) < 4.78 is 12.9. The quantitative estimate of drug-likeness (QED) is 0.796. The number of rotatable bonds is 3. The average Bonchev–Trinajstić information content (AvgIpc) is 2.31. The van der Waals surface area contributed by atoms with Crippen LogP contribution in [0.1, 0.15) is 27.3 Å². The van der Waals surface area contributed by atoms with Gasteiger partial charge in [0.05, 0.1) is 0 Å². The highest BCUT2D eigenvalue weighted by Crippen LogP contribution is 2.19. The number of carbonyl (C=O) groups is 1. The maximum Gasteiger partial charge on any atom is 0.185 e. The first-order chi connectivity index (χ1) is 8.95. The Morgan fingerprint density at radius 3 is 2.63 bits per heavy atom. The zero-order valence-electron chi connectivity index (χ0n) is 10.7. The molecule has 19 heavy (non-hydrogen) atoms. The monoisotopic (exact) mass is 277 g/mol. The van der Waals surface area contributed by atoms with Crippen molar-refractivity contribution in [3.05, 3.63) is 63.7 Å². The molecule has 1 aromatic carbocycles. The van der Waals surface area contributed by atoms with Gasteiger partial charge in [0.15, 0.2) is 5.78 Å². The minimum atomic E-state index is -0.411. The number of ketones is 1. The highest BCUT2D eigenvalue weighted by atomic mass is 35.5. The smallest absolute Gasteiger partial charge is 0.185 e. The van der Waals surface area contributed by atoms with E-state index < -0.39 is 5.82 Å². The third-order valence-corrected chi connectivity index (χ3v) is 3.10. The highest BCUT2D eigenvalue weighted by molar-refractivity contribution is 6.31. The van der Waals surface area contributed by atoms with Crippen molar-refractivity contribution in [2.24, 2.45) is 0 Å². The van der Waals surface area contributed by atoms with E-state index in [2.05, 4.69) is 4.98 Å². The van der Waals surface area contributed by atoms with Crippen LogP contribution in [0.5, 0.6) is 0 Å². The van der Waals surface area contributed by atoms with Crippen molar-refractivity contribution in [1.82, 2.24) is 4.98 Å². The van der Waals surface area contributed by atoms with Crippen LogP contribution in [0.2, 0.25) is 5.02 Å². The molecule has 0 radical (unpaired) electrons. The van der Waals surface area contributed by atoms with Crippen LogP contribution in [0.15, 0.2) is 30.3 Å². The summed E-state index contributed by atoms with van der Waals surface area (Å²) in [4.78, 5) is 16.4. The van der Waals surface area contributed by atoms with Gasteiger partial charge in [-0.3, -0.25) is 4.79 Å². The van der Waals surface area contributed by atoms with Gasteiger partial charge >= 0.3 is 0 Å². The first-order valence-electron chi connectivity index (χ1n) is 5.88. The predicted octanol–water partition coefficient (Wildman–Crippen LogP) is 3.92. The molecule has 0 fully saturated rings. The number of aryl methyl sites for hydroxylation is 2. The molecule has 2 rings (SSSR count). The minimum Gasteiger partial charge on any atom is -0.292 e. The van der Waals surface area contributed by atoms with Crippen molar-refractivity contribution in [2.45, 2.75) is 20.3 Å². The largest absolute Gasteiger partial charge is 0.292 e. The molecule has 0 amide bonds. The van der Waals surface area contributed by atoms with E-state index in [4.69, 9.17) is 11.6 Å². The lowest BCUT2D eigenvalue weighted by Crippen LogP contribution is -2.07. The normalized spacial score (nSPS) is 10.5. The van der Waals surface area contributed by atoms with Gasteiger partial charge in [-0.2, -0.15) is 0 Å². The van der Waals surface area contributed by atoms with Gasteiger partial charge in [-0.1, -0.05) is 17.7 Å². The Kier molecular flexibility index (Phi) is 3.96. The molecule has 98 valence electrons. The van der Waals surface area contributed by atoms with Gasteiger partial charge in [0.1, 0.15) is 11.5 Å². The molecule has 1 aromatic heterocycles. The first kappa shape index (κ1) is 13.7. The lowest BCUT2D eigenvalue weighted by molar-refractivity contribution is 0.0988. The van der Waals surface area contributed by atoms with Gasteiger partial charge < -0.3 is 0 Å². The topological polar surface area (TPSA) is 30.0 Å². The van der Waals surface area contributed by atoms with Crippen molar-refractivity contribution >= 4 is 17.4 Å². The van der Waals surface area contributed by atoms with Crippen molar-refractivity contribution in [3.63, 3.8) is 0 Å². The van der Waals surface area contributed by atoms with Crippen LogP contribution in [0, 0.1) is 19.7 Å². The van der Waals surface area contributed by atoms with Crippen molar-refractivity contribution in [1.29, 1.82) is 0 Å². The standard InChI is InChI=1S/C15H13ClFNO/c1-9-5-10(2)18-14(6-9)15(19)7-11-3-4-12(17)8-13(11)16/h3-6,8H,7H2,1-2H3. The predicted molar refractivity (Wildman–Crippen MR) is 73.2 cm³/mol. The van der Waals surface area contributed by atoms with Crippen LogP contribution in [0.3, 0.4) is 0 Å². The fourth-order valence-corrected chi connectivity index (χ4v) is 2.15. The summed E-state index contributed by atoms with van der Waals surface area (Å²) >= 11 is 5.91. The van der Waals surface area contributed by atoms with E-state index in [9.17, 15) is 9.18 Å². The number of nitrogens with zero attached hydrogens (tertiary/aromatic N) is 1. The highest BCUT2D eigenvalue weighted by Gasteiger charge is 2.12. The van der Waals surface area contributed by atoms with E-state index in [0.717, 1.165) is 11.3 Å². The first-order valence-corrected chi connectivity index (χ1v) is 6.26.